The van der Waals surface area contributed by atoms with Gasteiger partial charge >= 0.3 is 0 Å². The predicted octanol–water partition coefficient (Wildman–Crippen LogP) is 4.32. The molecule has 0 bridgehead atoms. The normalized spacial score (nSPS) is 12.2. The lowest BCUT2D eigenvalue weighted by Gasteiger charge is -2.31. The summed E-state index contributed by atoms with van der Waals surface area (Å²) in [5, 5.41) is 2.96. The first kappa shape index (κ1) is 23.5. The first-order valence-electron chi connectivity index (χ1n) is 10.3. The van der Waals surface area contributed by atoms with Crippen molar-refractivity contribution in [3.8, 4) is 5.75 Å². The van der Waals surface area contributed by atoms with E-state index in [2.05, 4.69) is 11.4 Å². The second kappa shape index (κ2) is 9.79. The zero-order valence-electron chi connectivity index (χ0n) is 19.2. The molecule has 162 valence electrons. The van der Waals surface area contributed by atoms with E-state index in [9.17, 15) is 9.59 Å². The summed E-state index contributed by atoms with van der Waals surface area (Å²) < 4.78 is 5.89. The highest BCUT2D eigenvalue weighted by Gasteiger charge is 2.28. The Balaban J connectivity index is 2.20. The number of carbonyl (C=O) groups excluding carboxylic acids is 2. The third-order valence-electron chi connectivity index (χ3n) is 4.98. The molecule has 0 fully saturated rings. The van der Waals surface area contributed by atoms with Crippen molar-refractivity contribution in [2.24, 2.45) is 0 Å². The summed E-state index contributed by atoms with van der Waals surface area (Å²) in [6.07, 6.45) is 0. The van der Waals surface area contributed by atoms with Gasteiger partial charge in [0.2, 0.25) is 5.91 Å². The molecule has 0 aromatic heterocycles. The fraction of sp³-hybridized carbons (Fsp3) is 0.440. The summed E-state index contributed by atoms with van der Waals surface area (Å²) >= 11 is 0. The minimum Gasteiger partial charge on any atom is -0.483 e. The molecule has 5 nitrogen and oxygen atoms in total. The van der Waals surface area contributed by atoms with Crippen LogP contribution >= 0.6 is 0 Å². The van der Waals surface area contributed by atoms with Crippen molar-refractivity contribution < 1.29 is 14.3 Å². The van der Waals surface area contributed by atoms with Gasteiger partial charge in [0.1, 0.15) is 11.8 Å². The standard InChI is InChI=1S/C25H34N2O3/c1-17-13-18(2)19(3)22(14-17)30-16-23(28)27(15-21-11-9-8-10-12-21)20(4)24(29)26-25(5,6)7/h8-14,20H,15-16H2,1-7H3,(H,26,29)/t20-/m0/s1. The smallest absolute Gasteiger partial charge is 0.261 e. The van der Waals surface area contributed by atoms with Crippen molar-refractivity contribution in [2.75, 3.05) is 6.61 Å². The summed E-state index contributed by atoms with van der Waals surface area (Å²) in [6, 6.07) is 13.1. The van der Waals surface area contributed by atoms with Gasteiger partial charge < -0.3 is 15.0 Å². The minimum absolute atomic E-state index is 0.121. The van der Waals surface area contributed by atoms with Crippen molar-refractivity contribution in [3.05, 3.63) is 64.7 Å². The number of rotatable bonds is 7. The summed E-state index contributed by atoms with van der Waals surface area (Å²) in [7, 11) is 0. The monoisotopic (exact) mass is 410 g/mol. The van der Waals surface area contributed by atoms with E-state index in [4.69, 9.17) is 4.74 Å². The minimum atomic E-state index is -0.624. The maximum atomic E-state index is 13.1. The molecular formula is C25H34N2O3. The van der Waals surface area contributed by atoms with Crippen molar-refractivity contribution >= 4 is 11.8 Å². The van der Waals surface area contributed by atoms with Crippen LogP contribution in [0.2, 0.25) is 0 Å². The predicted molar refractivity (Wildman–Crippen MR) is 120 cm³/mol. The number of hydrogen-bond donors (Lipinski definition) is 1. The van der Waals surface area contributed by atoms with Gasteiger partial charge in [-0.1, -0.05) is 36.4 Å². The highest BCUT2D eigenvalue weighted by Crippen LogP contribution is 2.23. The number of ether oxygens (including phenoxy) is 1. The van der Waals surface area contributed by atoms with Crippen LogP contribution in [0.15, 0.2) is 42.5 Å². The maximum Gasteiger partial charge on any atom is 0.261 e. The van der Waals surface area contributed by atoms with E-state index in [0.717, 1.165) is 22.3 Å². The van der Waals surface area contributed by atoms with E-state index in [0.29, 0.717) is 12.3 Å². The van der Waals surface area contributed by atoms with Crippen LogP contribution in [0, 0.1) is 20.8 Å². The third-order valence-corrected chi connectivity index (χ3v) is 4.98. The Morgan fingerprint density at radius 1 is 1.07 bits per heavy atom. The van der Waals surface area contributed by atoms with Gasteiger partial charge in [-0.05, 0) is 76.8 Å². The lowest BCUT2D eigenvalue weighted by molar-refractivity contribution is -0.142. The molecule has 0 aliphatic rings. The SMILES string of the molecule is Cc1cc(C)c(C)c(OCC(=O)N(Cc2ccccc2)[C@@H](C)C(=O)NC(C)(C)C)c1. The fourth-order valence-corrected chi connectivity index (χ4v) is 3.21. The molecule has 2 amide bonds. The van der Waals surface area contributed by atoms with E-state index in [1.54, 1.807) is 11.8 Å². The highest BCUT2D eigenvalue weighted by molar-refractivity contribution is 5.88. The molecule has 0 unspecified atom stereocenters. The molecule has 1 N–H and O–H groups in total. The van der Waals surface area contributed by atoms with E-state index in [1.807, 2.05) is 77.9 Å². The van der Waals surface area contributed by atoms with Crippen LogP contribution in [0.25, 0.3) is 0 Å². The fourth-order valence-electron chi connectivity index (χ4n) is 3.21. The number of aryl methyl sites for hydroxylation is 2. The molecule has 5 heteroatoms. The average Bonchev–Trinajstić information content (AvgIpc) is 2.66. The van der Waals surface area contributed by atoms with Crippen LogP contribution < -0.4 is 10.1 Å². The van der Waals surface area contributed by atoms with Crippen LogP contribution in [0.1, 0.15) is 49.9 Å². The Morgan fingerprint density at radius 2 is 1.70 bits per heavy atom. The number of amides is 2. The van der Waals surface area contributed by atoms with Crippen LogP contribution in [-0.4, -0.2) is 34.9 Å². The van der Waals surface area contributed by atoms with Gasteiger partial charge in [-0.15, -0.1) is 0 Å². The number of nitrogens with zero attached hydrogens (tertiary/aromatic N) is 1. The van der Waals surface area contributed by atoms with Gasteiger partial charge in [0, 0.05) is 12.1 Å². The summed E-state index contributed by atoms with van der Waals surface area (Å²) in [4.78, 5) is 27.5. The highest BCUT2D eigenvalue weighted by atomic mass is 16.5. The van der Waals surface area contributed by atoms with E-state index >= 15 is 0 Å². The first-order chi connectivity index (χ1) is 14.0. The lowest BCUT2D eigenvalue weighted by atomic mass is 10.1. The average molecular weight is 411 g/mol. The molecule has 0 radical (unpaired) electrons. The third kappa shape index (κ3) is 6.61. The number of carbonyl (C=O) groups is 2. The molecule has 2 aromatic carbocycles. The molecule has 2 aromatic rings. The number of benzene rings is 2. The number of hydrogen-bond acceptors (Lipinski definition) is 3. The Hall–Kier alpha value is -2.82. The molecular weight excluding hydrogens is 376 g/mol. The van der Waals surface area contributed by atoms with Gasteiger partial charge in [-0.3, -0.25) is 9.59 Å². The molecule has 0 saturated heterocycles. The molecule has 0 saturated carbocycles. The van der Waals surface area contributed by atoms with E-state index < -0.39 is 6.04 Å². The Bertz CT molecular complexity index is 885. The summed E-state index contributed by atoms with van der Waals surface area (Å²) in [6.45, 7) is 13.8. The van der Waals surface area contributed by atoms with Crippen LogP contribution in [0.4, 0.5) is 0 Å². The molecule has 0 aliphatic carbocycles. The quantitative estimate of drug-likeness (QED) is 0.739. The van der Waals surface area contributed by atoms with Crippen molar-refractivity contribution in [2.45, 2.75) is 66.6 Å². The molecule has 0 heterocycles. The molecule has 0 aliphatic heterocycles. The summed E-state index contributed by atoms with van der Waals surface area (Å²) in [5.74, 6) is 0.288. The largest absolute Gasteiger partial charge is 0.483 e. The van der Waals surface area contributed by atoms with Crippen molar-refractivity contribution in [3.63, 3.8) is 0 Å². The van der Waals surface area contributed by atoms with Crippen LogP contribution in [0.3, 0.4) is 0 Å². The van der Waals surface area contributed by atoms with Gasteiger partial charge in [-0.25, -0.2) is 0 Å². The Kier molecular flexibility index (Phi) is 7.65. The van der Waals surface area contributed by atoms with Crippen LogP contribution in [0.5, 0.6) is 5.75 Å². The molecule has 2 rings (SSSR count). The van der Waals surface area contributed by atoms with Gasteiger partial charge in [0.05, 0.1) is 0 Å². The topological polar surface area (TPSA) is 58.6 Å². The van der Waals surface area contributed by atoms with Crippen molar-refractivity contribution in [1.82, 2.24) is 10.2 Å². The Labute approximate surface area is 180 Å². The van der Waals surface area contributed by atoms with E-state index in [-0.39, 0.29) is 24.0 Å². The number of nitrogens with one attached hydrogen (secondary N) is 1. The first-order valence-corrected chi connectivity index (χ1v) is 10.3. The van der Waals surface area contributed by atoms with Gasteiger partial charge in [-0.2, -0.15) is 0 Å². The lowest BCUT2D eigenvalue weighted by Crippen LogP contribution is -2.53. The van der Waals surface area contributed by atoms with Gasteiger partial charge in [0.25, 0.3) is 5.91 Å². The van der Waals surface area contributed by atoms with E-state index in [1.165, 1.54) is 0 Å². The molecule has 30 heavy (non-hydrogen) atoms. The van der Waals surface area contributed by atoms with Gasteiger partial charge in [0.15, 0.2) is 6.61 Å². The Morgan fingerprint density at radius 3 is 2.30 bits per heavy atom. The zero-order valence-corrected chi connectivity index (χ0v) is 19.2. The van der Waals surface area contributed by atoms with Crippen molar-refractivity contribution in [1.29, 1.82) is 0 Å². The van der Waals surface area contributed by atoms with Crippen LogP contribution in [-0.2, 0) is 16.1 Å². The maximum absolute atomic E-state index is 13.1. The summed E-state index contributed by atoms with van der Waals surface area (Å²) in [5.41, 5.74) is 3.81. The second-order valence-electron chi connectivity index (χ2n) is 8.92. The molecule has 0 spiro atoms. The second-order valence-corrected chi connectivity index (χ2v) is 8.92. The zero-order chi connectivity index (χ0) is 22.5. The molecule has 1 atom stereocenters.